The maximum Gasteiger partial charge on any atom is 0.267 e. The van der Waals surface area contributed by atoms with Gasteiger partial charge < -0.3 is 10.3 Å². The zero-order chi connectivity index (χ0) is 18.5. The molecule has 3 rings (SSSR count). The van der Waals surface area contributed by atoms with Gasteiger partial charge in [0.15, 0.2) is 11.0 Å². The van der Waals surface area contributed by atoms with E-state index >= 15 is 0 Å². The average Bonchev–Trinajstić information content (AvgIpc) is 3.00. The van der Waals surface area contributed by atoms with E-state index in [1.54, 1.807) is 0 Å². The fraction of sp³-hybridized carbons (Fsp3) is 0.579. The second-order valence-corrected chi connectivity index (χ2v) is 8.42. The summed E-state index contributed by atoms with van der Waals surface area (Å²) in [6, 6.07) is 1.60. The number of amides is 1. The molecule has 0 aromatic carbocycles. The lowest BCUT2D eigenvalue weighted by Crippen LogP contribution is -2.52. The van der Waals surface area contributed by atoms with Gasteiger partial charge in [-0.15, -0.1) is 0 Å². The SMILES string of the molecule is C[C@@H]1[C@@H](NC(=O)c2cc3c(F)c(Cl)ncc3[nH]2)C[C@@H](C)C(C)(C)[C@H]1C. The lowest BCUT2D eigenvalue weighted by Gasteiger charge is -2.49. The molecule has 0 unspecified atom stereocenters. The van der Waals surface area contributed by atoms with Crippen LogP contribution in [0.5, 0.6) is 0 Å². The first kappa shape index (κ1) is 18.2. The first-order chi connectivity index (χ1) is 11.6. The highest BCUT2D eigenvalue weighted by atomic mass is 35.5. The molecule has 1 aliphatic rings. The molecule has 1 fully saturated rings. The number of halogens is 2. The zero-order valence-corrected chi connectivity index (χ0v) is 16.0. The van der Waals surface area contributed by atoms with Crippen molar-refractivity contribution in [1.82, 2.24) is 15.3 Å². The summed E-state index contributed by atoms with van der Waals surface area (Å²) in [6.45, 7) is 11.3. The second kappa shape index (κ2) is 6.27. The molecule has 0 bridgehead atoms. The summed E-state index contributed by atoms with van der Waals surface area (Å²) >= 11 is 5.71. The first-order valence-corrected chi connectivity index (χ1v) is 9.14. The molecule has 0 radical (unpaired) electrons. The summed E-state index contributed by atoms with van der Waals surface area (Å²) in [5.74, 6) is 0.538. The standard InChI is InChI=1S/C19H25ClFN3O/c1-9-6-13(10(2)11(3)19(9,4)5)24-18(25)14-7-12-15(23-14)8-22-17(20)16(12)21/h7-11,13,23H,6H2,1-5H3,(H,24,25)/t9-,10+,11+,13+/m1/s1. The first-order valence-electron chi connectivity index (χ1n) is 8.76. The summed E-state index contributed by atoms with van der Waals surface area (Å²) in [5.41, 5.74) is 1.04. The van der Waals surface area contributed by atoms with Crippen LogP contribution in [-0.2, 0) is 0 Å². The average molecular weight is 366 g/mol. The van der Waals surface area contributed by atoms with Gasteiger partial charge in [-0.1, -0.05) is 46.2 Å². The van der Waals surface area contributed by atoms with Gasteiger partial charge in [-0.25, -0.2) is 9.37 Å². The molecule has 0 saturated heterocycles. The van der Waals surface area contributed by atoms with Crippen LogP contribution in [0, 0.1) is 29.0 Å². The fourth-order valence-electron chi connectivity index (χ4n) is 3.98. The molecule has 4 nitrogen and oxygen atoms in total. The van der Waals surface area contributed by atoms with E-state index in [-0.39, 0.29) is 27.9 Å². The summed E-state index contributed by atoms with van der Waals surface area (Å²) in [7, 11) is 0. The van der Waals surface area contributed by atoms with Crippen molar-refractivity contribution in [2.45, 2.75) is 47.1 Å². The molecule has 2 N–H and O–H groups in total. The minimum atomic E-state index is -0.607. The number of pyridine rings is 1. The van der Waals surface area contributed by atoms with Crippen molar-refractivity contribution in [2.75, 3.05) is 0 Å². The molecule has 2 aromatic heterocycles. The van der Waals surface area contributed by atoms with Crippen LogP contribution >= 0.6 is 11.6 Å². The number of H-pyrrole nitrogens is 1. The van der Waals surface area contributed by atoms with Crippen LogP contribution < -0.4 is 5.32 Å². The molecule has 2 heterocycles. The van der Waals surface area contributed by atoms with E-state index in [0.29, 0.717) is 29.0 Å². The molecule has 25 heavy (non-hydrogen) atoms. The number of carbonyl (C=O) groups is 1. The maximum atomic E-state index is 14.0. The molecule has 4 atom stereocenters. The van der Waals surface area contributed by atoms with E-state index in [0.717, 1.165) is 6.42 Å². The number of rotatable bonds is 2. The number of nitrogens with zero attached hydrogens (tertiary/aromatic N) is 1. The van der Waals surface area contributed by atoms with Gasteiger partial charge in [-0.3, -0.25) is 4.79 Å². The van der Waals surface area contributed by atoms with Crippen LogP contribution in [0.4, 0.5) is 4.39 Å². The van der Waals surface area contributed by atoms with Crippen molar-refractivity contribution in [1.29, 1.82) is 0 Å². The number of aromatic amines is 1. The number of fused-ring (bicyclic) bond motifs is 1. The Labute approximate surface area is 152 Å². The lowest BCUT2D eigenvalue weighted by atomic mass is 9.58. The van der Waals surface area contributed by atoms with E-state index < -0.39 is 5.82 Å². The van der Waals surface area contributed by atoms with Crippen LogP contribution in [0.25, 0.3) is 10.9 Å². The van der Waals surface area contributed by atoms with Gasteiger partial charge in [0.25, 0.3) is 5.91 Å². The number of aromatic nitrogens is 2. The van der Waals surface area contributed by atoms with E-state index in [9.17, 15) is 9.18 Å². The van der Waals surface area contributed by atoms with Gasteiger partial charge >= 0.3 is 0 Å². The Hall–Kier alpha value is -1.62. The smallest absolute Gasteiger partial charge is 0.267 e. The lowest BCUT2D eigenvalue weighted by molar-refractivity contribution is 0.0155. The number of carbonyl (C=O) groups excluding carboxylic acids is 1. The maximum absolute atomic E-state index is 14.0. The van der Waals surface area contributed by atoms with Crippen molar-refractivity contribution in [3.05, 3.63) is 28.9 Å². The highest BCUT2D eigenvalue weighted by Crippen LogP contribution is 2.47. The van der Waals surface area contributed by atoms with Crippen LogP contribution in [0.1, 0.15) is 51.5 Å². The molecule has 6 heteroatoms. The van der Waals surface area contributed by atoms with E-state index in [1.807, 2.05) is 0 Å². The zero-order valence-electron chi connectivity index (χ0n) is 15.3. The van der Waals surface area contributed by atoms with Crippen LogP contribution in [0.15, 0.2) is 12.3 Å². The minimum Gasteiger partial charge on any atom is -0.349 e. The Morgan fingerprint density at radius 3 is 2.76 bits per heavy atom. The van der Waals surface area contributed by atoms with E-state index in [1.165, 1.54) is 12.3 Å². The van der Waals surface area contributed by atoms with Crippen molar-refractivity contribution >= 4 is 28.4 Å². The summed E-state index contributed by atoms with van der Waals surface area (Å²) in [5, 5.41) is 3.22. The third-order valence-corrected chi connectivity index (χ3v) is 6.87. The highest BCUT2D eigenvalue weighted by molar-refractivity contribution is 6.30. The number of nitrogens with one attached hydrogen (secondary N) is 2. The largest absolute Gasteiger partial charge is 0.349 e. The van der Waals surface area contributed by atoms with Crippen LogP contribution in [0.2, 0.25) is 5.15 Å². The monoisotopic (exact) mass is 365 g/mol. The molecule has 2 aromatic rings. The molecule has 1 amide bonds. The van der Waals surface area contributed by atoms with Crippen molar-refractivity contribution in [3.8, 4) is 0 Å². The van der Waals surface area contributed by atoms with Crippen LogP contribution in [-0.4, -0.2) is 21.9 Å². The molecule has 0 spiro atoms. The van der Waals surface area contributed by atoms with Gasteiger partial charge in [0, 0.05) is 11.4 Å². The Bertz CT molecular complexity index is 816. The van der Waals surface area contributed by atoms with Gasteiger partial charge in [0.2, 0.25) is 0 Å². The Balaban J connectivity index is 1.82. The summed E-state index contributed by atoms with van der Waals surface area (Å²) in [4.78, 5) is 19.4. The van der Waals surface area contributed by atoms with Crippen molar-refractivity contribution < 1.29 is 9.18 Å². The molecule has 1 saturated carbocycles. The predicted octanol–water partition coefficient (Wildman–Crippen LogP) is 4.79. The topological polar surface area (TPSA) is 57.8 Å². The quantitative estimate of drug-likeness (QED) is 0.751. The van der Waals surface area contributed by atoms with Gasteiger partial charge in [0.05, 0.1) is 11.7 Å². The van der Waals surface area contributed by atoms with Crippen LogP contribution in [0.3, 0.4) is 0 Å². The van der Waals surface area contributed by atoms with Gasteiger partial charge in [0.1, 0.15) is 5.69 Å². The Kier molecular flexibility index (Phi) is 4.56. The normalized spacial score (nSPS) is 28.9. The van der Waals surface area contributed by atoms with Gasteiger partial charge in [-0.2, -0.15) is 0 Å². The molecule has 1 aliphatic carbocycles. The summed E-state index contributed by atoms with van der Waals surface area (Å²) in [6.07, 6.45) is 2.37. The molecular weight excluding hydrogens is 341 g/mol. The van der Waals surface area contributed by atoms with E-state index in [2.05, 4.69) is 49.9 Å². The number of hydrogen-bond acceptors (Lipinski definition) is 2. The Morgan fingerprint density at radius 2 is 2.08 bits per heavy atom. The molecular formula is C19H25ClFN3O. The number of hydrogen-bond donors (Lipinski definition) is 2. The highest BCUT2D eigenvalue weighted by Gasteiger charge is 2.44. The third kappa shape index (κ3) is 3.03. The van der Waals surface area contributed by atoms with Gasteiger partial charge in [-0.05, 0) is 35.7 Å². The van der Waals surface area contributed by atoms with Crippen molar-refractivity contribution in [3.63, 3.8) is 0 Å². The second-order valence-electron chi connectivity index (χ2n) is 8.06. The minimum absolute atomic E-state index is 0.100. The van der Waals surface area contributed by atoms with E-state index in [4.69, 9.17) is 11.6 Å². The van der Waals surface area contributed by atoms with Crippen molar-refractivity contribution in [2.24, 2.45) is 23.2 Å². The molecule has 0 aliphatic heterocycles. The third-order valence-electron chi connectivity index (χ3n) is 6.61. The summed E-state index contributed by atoms with van der Waals surface area (Å²) < 4.78 is 14.0. The predicted molar refractivity (Wildman–Crippen MR) is 98.2 cm³/mol. The Morgan fingerprint density at radius 1 is 1.40 bits per heavy atom. The fourth-order valence-corrected chi connectivity index (χ4v) is 4.13. The molecule has 136 valence electrons.